The second-order valence-corrected chi connectivity index (χ2v) is 6.59. The zero-order chi connectivity index (χ0) is 15.4. The molecule has 2 rings (SSSR count). The van der Waals surface area contributed by atoms with Crippen LogP contribution >= 0.6 is 11.3 Å². The molecule has 0 aliphatic heterocycles. The Hall–Kier alpha value is -1.20. The van der Waals surface area contributed by atoms with Crippen molar-refractivity contribution in [1.29, 1.82) is 0 Å². The van der Waals surface area contributed by atoms with Gasteiger partial charge in [0.05, 0.1) is 17.4 Å². The number of hydrogen-bond acceptors (Lipinski definition) is 4. The van der Waals surface area contributed by atoms with Gasteiger partial charge in [0.1, 0.15) is 5.01 Å². The number of hydrogen-bond donors (Lipinski definition) is 1. The third-order valence-electron chi connectivity index (χ3n) is 3.67. The average Bonchev–Trinajstić information content (AvgIpc) is 3.02. The van der Waals surface area contributed by atoms with Gasteiger partial charge >= 0.3 is 0 Å². The maximum absolute atomic E-state index is 4.86. The van der Waals surface area contributed by atoms with Crippen LogP contribution in [0.25, 0.3) is 0 Å². The summed E-state index contributed by atoms with van der Waals surface area (Å²) in [7, 11) is 1.99. The lowest BCUT2D eigenvalue weighted by atomic mass is 10.1. The SMILES string of the molecule is CCCNC(c1nc(CC)c(C)s1)c1cn(C)nc1CC. The molecular formula is C16H26N4S. The van der Waals surface area contributed by atoms with Gasteiger partial charge < -0.3 is 5.32 Å². The van der Waals surface area contributed by atoms with Gasteiger partial charge in [-0.05, 0) is 32.7 Å². The minimum absolute atomic E-state index is 0.164. The van der Waals surface area contributed by atoms with Gasteiger partial charge in [0.15, 0.2) is 0 Å². The molecular weight excluding hydrogens is 280 g/mol. The van der Waals surface area contributed by atoms with Crippen LogP contribution in [-0.2, 0) is 19.9 Å². The summed E-state index contributed by atoms with van der Waals surface area (Å²) in [4.78, 5) is 6.19. The third-order valence-corrected chi connectivity index (χ3v) is 4.75. The highest BCUT2D eigenvalue weighted by atomic mass is 32.1. The van der Waals surface area contributed by atoms with E-state index in [4.69, 9.17) is 4.98 Å². The summed E-state index contributed by atoms with van der Waals surface area (Å²) in [6.07, 6.45) is 5.19. The molecule has 5 heteroatoms. The minimum atomic E-state index is 0.164. The van der Waals surface area contributed by atoms with E-state index in [-0.39, 0.29) is 6.04 Å². The number of nitrogens with one attached hydrogen (secondary N) is 1. The first kappa shape index (κ1) is 16.2. The number of rotatable bonds is 7. The lowest BCUT2D eigenvalue weighted by Crippen LogP contribution is -2.23. The van der Waals surface area contributed by atoms with Crippen LogP contribution in [0.15, 0.2) is 6.20 Å². The fourth-order valence-corrected chi connectivity index (χ4v) is 3.70. The topological polar surface area (TPSA) is 42.7 Å². The Bertz CT molecular complexity index is 585. The van der Waals surface area contributed by atoms with Crippen LogP contribution in [0.2, 0.25) is 0 Å². The smallest absolute Gasteiger partial charge is 0.115 e. The van der Waals surface area contributed by atoms with Gasteiger partial charge in [-0.15, -0.1) is 11.3 Å². The van der Waals surface area contributed by atoms with Gasteiger partial charge in [-0.2, -0.15) is 5.10 Å². The van der Waals surface area contributed by atoms with E-state index in [9.17, 15) is 0 Å². The number of thiazole rings is 1. The Kier molecular flexibility index (Phi) is 5.53. The standard InChI is InChI=1S/C16H26N4S/c1-6-9-17-15(12-10-20(5)19-14(12)8-3)16-18-13(7-2)11(4)21-16/h10,15,17H,6-9H2,1-5H3. The van der Waals surface area contributed by atoms with Crippen molar-refractivity contribution >= 4 is 11.3 Å². The average molecular weight is 306 g/mol. The summed E-state index contributed by atoms with van der Waals surface area (Å²) in [5.74, 6) is 0. The zero-order valence-electron chi connectivity index (χ0n) is 13.7. The van der Waals surface area contributed by atoms with Gasteiger partial charge in [-0.1, -0.05) is 20.8 Å². The van der Waals surface area contributed by atoms with Crippen molar-refractivity contribution in [3.8, 4) is 0 Å². The Labute approximate surface area is 131 Å². The maximum atomic E-state index is 4.86. The molecule has 0 fully saturated rings. The highest BCUT2D eigenvalue weighted by molar-refractivity contribution is 7.11. The number of nitrogens with zero attached hydrogens (tertiary/aromatic N) is 3. The molecule has 2 aromatic heterocycles. The lowest BCUT2D eigenvalue weighted by molar-refractivity contribution is 0.590. The second-order valence-electron chi connectivity index (χ2n) is 5.35. The predicted octanol–water partition coefficient (Wildman–Crippen LogP) is 3.40. The molecule has 0 radical (unpaired) electrons. The summed E-state index contributed by atoms with van der Waals surface area (Å²) < 4.78 is 1.91. The van der Waals surface area contributed by atoms with E-state index in [1.54, 1.807) is 0 Å². The third kappa shape index (κ3) is 3.52. The van der Waals surface area contributed by atoms with Gasteiger partial charge in [0.2, 0.25) is 0 Å². The summed E-state index contributed by atoms with van der Waals surface area (Å²) in [6.45, 7) is 9.68. The van der Waals surface area contributed by atoms with E-state index in [1.165, 1.54) is 21.1 Å². The zero-order valence-corrected chi connectivity index (χ0v) is 14.5. The molecule has 0 aliphatic carbocycles. The molecule has 0 aromatic carbocycles. The number of aromatic nitrogens is 3. The van der Waals surface area contributed by atoms with Gasteiger partial charge in [0, 0.05) is 23.7 Å². The molecule has 4 nitrogen and oxygen atoms in total. The quantitative estimate of drug-likeness (QED) is 0.852. The predicted molar refractivity (Wildman–Crippen MR) is 89.0 cm³/mol. The molecule has 116 valence electrons. The van der Waals surface area contributed by atoms with Crippen molar-refractivity contribution in [2.24, 2.45) is 7.05 Å². The monoisotopic (exact) mass is 306 g/mol. The van der Waals surface area contributed by atoms with Gasteiger partial charge in [-0.25, -0.2) is 4.98 Å². The van der Waals surface area contributed by atoms with Crippen LogP contribution in [0, 0.1) is 6.92 Å². The molecule has 0 spiro atoms. The van der Waals surface area contributed by atoms with Crippen molar-refractivity contribution in [3.05, 3.63) is 33.0 Å². The molecule has 0 saturated carbocycles. The molecule has 1 atom stereocenters. The maximum Gasteiger partial charge on any atom is 0.115 e. The van der Waals surface area contributed by atoms with Crippen molar-refractivity contribution in [1.82, 2.24) is 20.1 Å². The summed E-state index contributed by atoms with van der Waals surface area (Å²) in [5.41, 5.74) is 3.65. The van der Waals surface area contributed by atoms with Crippen LogP contribution in [0.1, 0.15) is 60.1 Å². The van der Waals surface area contributed by atoms with Gasteiger partial charge in [-0.3, -0.25) is 4.68 Å². The van der Waals surface area contributed by atoms with Crippen molar-refractivity contribution in [2.45, 2.75) is 53.0 Å². The summed E-state index contributed by atoms with van der Waals surface area (Å²) in [6, 6.07) is 0.164. The first-order valence-corrected chi connectivity index (χ1v) is 8.64. The van der Waals surface area contributed by atoms with Crippen LogP contribution in [-0.4, -0.2) is 21.3 Å². The van der Waals surface area contributed by atoms with E-state index < -0.39 is 0 Å². The van der Waals surface area contributed by atoms with Crippen molar-refractivity contribution in [2.75, 3.05) is 6.54 Å². The Morgan fingerprint density at radius 1 is 1.24 bits per heavy atom. The Morgan fingerprint density at radius 3 is 2.52 bits per heavy atom. The second kappa shape index (κ2) is 7.18. The van der Waals surface area contributed by atoms with E-state index in [1.807, 2.05) is 23.1 Å². The fraction of sp³-hybridized carbons (Fsp3) is 0.625. The van der Waals surface area contributed by atoms with Crippen LogP contribution < -0.4 is 5.32 Å². The van der Waals surface area contributed by atoms with E-state index in [0.29, 0.717) is 0 Å². The van der Waals surface area contributed by atoms with Crippen LogP contribution in [0.3, 0.4) is 0 Å². The molecule has 2 aromatic rings. The first-order valence-electron chi connectivity index (χ1n) is 7.82. The van der Waals surface area contributed by atoms with E-state index in [2.05, 4.69) is 44.3 Å². The molecule has 0 aliphatic rings. The highest BCUT2D eigenvalue weighted by Gasteiger charge is 2.23. The van der Waals surface area contributed by atoms with Crippen LogP contribution in [0.4, 0.5) is 0 Å². The highest BCUT2D eigenvalue weighted by Crippen LogP contribution is 2.30. The summed E-state index contributed by atoms with van der Waals surface area (Å²) in [5, 5.41) is 9.40. The summed E-state index contributed by atoms with van der Waals surface area (Å²) >= 11 is 1.81. The first-order chi connectivity index (χ1) is 10.1. The van der Waals surface area contributed by atoms with E-state index >= 15 is 0 Å². The molecule has 0 saturated heterocycles. The Balaban J connectivity index is 2.41. The fourth-order valence-electron chi connectivity index (χ4n) is 2.59. The molecule has 0 amide bonds. The molecule has 0 bridgehead atoms. The largest absolute Gasteiger partial charge is 0.304 e. The van der Waals surface area contributed by atoms with Crippen LogP contribution in [0.5, 0.6) is 0 Å². The van der Waals surface area contributed by atoms with Crippen molar-refractivity contribution in [3.63, 3.8) is 0 Å². The normalized spacial score (nSPS) is 12.8. The van der Waals surface area contributed by atoms with Crippen molar-refractivity contribution < 1.29 is 0 Å². The molecule has 21 heavy (non-hydrogen) atoms. The lowest BCUT2D eigenvalue weighted by Gasteiger charge is -2.16. The van der Waals surface area contributed by atoms with Gasteiger partial charge in [0.25, 0.3) is 0 Å². The Morgan fingerprint density at radius 2 is 1.95 bits per heavy atom. The number of aryl methyl sites for hydroxylation is 4. The van der Waals surface area contributed by atoms with E-state index in [0.717, 1.165) is 31.5 Å². The molecule has 2 heterocycles. The molecule has 1 N–H and O–H groups in total. The minimum Gasteiger partial charge on any atom is -0.304 e. The molecule has 1 unspecified atom stereocenters.